The number of carbonyl (C=O) groups excluding carboxylic acids is 3. The minimum atomic E-state index is -4.58. The normalized spacial score (nSPS) is 13.3. The average Bonchev–Trinajstić information content (AvgIpc) is 2.97. The molecule has 11 heteroatoms. The van der Waals surface area contributed by atoms with Crippen molar-refractivity contribution in [3.8, 4) is 5.69 Å². The highest BCUT2D eigenvalue weighted by atomic mass is 19.4. The number of imide groups is 1. The summed E-state index contributed by atoms with van der Waals surface area (Å²) in [7, 11) is 1.33. The van der Waals surface area contributed by atoms with E-state index in [1.54, 1.807) is 0 Å². The number of aryl methyl sites for hydroxylation is 1. The van der Waals surface area contributed by atoms with E-state index in [0.29, 0.717) is 0 Å². The van der Waals surface area contributed by atoms with Gasteiger partial charge in [-0.1, -0.05) is 6.07 Å². The molecule has 3 amide bonds. The van der Waals surface area contributed by atoms with Crippen molar-refractivity contribution in [2.24, 2.45) is 0 Å². The van der Waals surface area contributed by atoms with Crippen LogP contribution in [-0.4, -0.2) is 39.4 Å². The lowest BCUT2D eigenvalue weighted by molar-refractivity contribution is -0.137. The van der Waals surface area contributed by atoms with Crippen molar-refractivity contribution in [3.05, 3.63) is 86.8 Å². The molecule has 8 nitrogen and oxygen atoms in total. The zero-order valence-corrected chi connectivity index (χ0v) is 17.2. The number of aromatic nitrogens is 2. The Hall–Kier alpha value is -4.28. The monoisotopic (exact) mass is 456 g/mol. The van der Waals surface area contributed by atoms with Crippen LogP contribution in [0.1, 0.15) is 42.5 Å². The lowest BCUT2D eigenvalue weighted by Crippen LogP contribution is -2.27. The quantitative estimate of drug-likeness (QED) is 0.611. The van der Waals surface area contributed by atoms with Crippen LogP contribution in [0.15, 0.2) is 53.3 Å². The van der Waals surface area contributed by atoms with Gasteiger partial charge in [0.25, 0.3) is 17.7 Å². The molecule has 0 bridgehead atoms. The molecule has 0 saturated heterocycles. The molecule has 0 fully saturated rings. The van der Waals surface area contributed by atoms with Crippen molar-refractivity contribution in [1.29, 1.82) is 0 Å². The van der Waals surface area contributed by atoms with Gasteiger partial charge in [-0.15, -0.1) is 0 Å². The van der Waals surface area contributed by atoms with Gasteiger partial charge in [0.15, 0.2) is 5.69 Å². The van der Waals surface area contributed by atoms with Gasteiger partial charge in [0, 0.05) is 24.5 Å². The van der Waals surface area contributed by atoms with Crippen LogP contribution in [0.4, 0.5) is 18.9 Å². The molecule has 2 aromatic carbocycles. The molecule has 3 aromatic rings. The van der Waals surface area contributed by atoms with Gasteiger partial charge >= 0.3 is 6.18 Å². The molecule has 1 N–H and O–H groups in total. The first-order valence-electron chi connectivity index (χ1n) is 9.54. The Morgan fingerprint density at radius 1 is 0.970 bits per heavy atom. The standard InChI is InChI=1S/C22H15F3N4O4/c1-11-8-17(30)18(27-29(11)14-5-3-4-12(9-14)22(23,24)25)19(31)26-13-6-7-15-16(10-13)21(33)28(2)20(15)32/h3-10H,1-2H3,(H,26,31). The minimum absolute atomic E-state index is 0.0149. The second kappa shape index (κ2) is 7.69. The second-order valence-corrected chi connectivity index (χ2v) is 7.34. The second-order valence-electron chi connectivity index (χ2n) is 7.34. The highest BCUT2D eigenvalue weighted by Crippen LogP contribution is 2.30. The lowest BCUT2D eigenvalue weighted by atomic mass is 10.1. The molecule has 1 aliphatic rings. The predicted octanol–water partition coefficient (Wildman–Crippen LogP) is 3.04. The summed E-state index contributed by atoms with van der Waals surface area (Å²) in [6.07, 6.45) is -4.58. The number of rotatable bonds is 3. The fourth-order valence-electron chi connectivity index (χ4n) is 3.41. The van der Waals surface area contributed by atoms with E-state index >= 15 is 0 Å². The summed E-state index contributed by atoms with van der Waals surface area (Å²) >= 11 is 0. The van der Waals surface area contributed by atoms with Crippen LogP contribution < -0.4 is 10.7 Å². The number of anilines is 1. The van der Waals surface area contributed by atoms with Crippen molar-refractivity contribution in [1.82, 2.24) is 14.7 Å². The van der Waals surface area contributed by atoms with E-state index in [0.717, 1.165) is 27.8 Å². The molecule has 0 saturated carbocycles. The summed E-state index contributed by atoms with van der Waals surface area (Å²) in [6, 6.07) is 9.45. The number of alkyl halides is 3. The van der Waals surface area contributed by atoms with Crippen molar-refractivity contribution in [2.45, 2.75) is 13.1 Å². The van der Waals surface area contributed by atoms with E-state index in [1.165, 1.54) is 44.3 Å². The van der Waals surface area contributed by atoms with E-state index in [-0.39, 0.29) is 28.2 Å². The minimum Gasteiger partial charge on any atom is -0.320 e. The Bertz CT molecular complexity index is 1400. The number of hydrogen-bond acceptors (Lipinski definition) is 5. The molecule has 0 radical (unpaired) electrons. The molecule has 0 aliphatic carbocycles. The van der Waals surface area contributed by atoms with Crippen LogP contribution in [0.3, 0.4) is 0 Å². The van der Waals surface area contributed by atoms with Crippen LogP contribution in [0, 0.1) is 6.92 Å². The third kappa shape index (κ3) is 3.88. The largest absolute Gasteiger partial charge is 0.416 e. The maximum absolute atomic E-state index is 13.1. The summed E-state index contributed by atoms with van der Waals surface area (Å²) < 4.78 is 40.3. The summed E-state index contributed by atoms with van der Waals surface area (Å²) in [6.45, 7) is 1.47. The maximum atomic E-state index is 13.1. The molecule has 1 aromatic heterocycles. The van der Waals surface area contributed by atoms with E-state index in [9.17, 15) is 32.3 Å². The number of amides is 3. The topological polar surface area (TPSA) is 101 Å². The van der Waals surface area contributed by atoms with Crippen LogP contribution in [0.2, 0.25) is 0 Å². The number of halogens is 3. The Kier molecular flexibility index (Phi) is 5.11. The van der Waals surface area contributed by atoms with Crippen molar-refractivity contribution < 1.29 is 27.6 Å². The number of nitrogens with zero attached hydrogens (tertiary/aromatic N) is 3. The zero-order valence-electron chi connectivity index (χ0n) is 17.2. The highest BCUT2D eigenvalue weighted by molar-refractivity contribution is 6.21. The highest BCUT2D eigenvalue weighted by Gasteiger charge is 2.33. The fraction of sp³-hybridized carbons (Fsp3) is 0.136. The molecule has 1 aliphatic heterocycles. The zero-order chi connectivity index (χ0) is 24.1. The third-order valence-corrected chi connectivity index (χ3v) is 5.09. The molecular formula is C22H15F3N4O4. The number of fused-ring (bicyclic) bond motifs is 1. The Morgan fingerprint density at radius 2 is 1.67 bits per heavy atom. The molecule has 0 unspecified atom stereocenters. The van der Waals surface area contributed by atoms with Crippen molar-refractivity contribution >= 4 is 23.4 Å². The van der Waals surface area contributed by atoms with Crippen LogP contribution in [-0.2, 0) is 6.18 Å². The summed E-state index contributed by atoms with van der Waals surface area (Å²) in [5.41, 5.74) is -1.55. The summed E-state index contributed by atoms with van der Waals surface area (Å²) in [4.78, 5) is 50.2. The van der Waals surface area contributed by atoms with E-state index in [2.05, 4.69) is 10.4 Å². The Morgan fingerprint density at radius 3 is 2.36 bits per heavy atom. The van der Waals surface area contributed by atoms with Gasteiger partial charge in [-0.2, -0.15) is 18.3 Å². The smallest absolute Gasteiger partial charge is 0.320 e. The first-order valence-corrected chi connectivity index (χ1v) is 9.54. The van der Waals surface area contributed by atoms with Crippen LogP contribution in [0.5, 0.6) is 0 Å². The molecule has 0 atom stereocenters. The summed E-state index contributed by atoms with van der Waals surface area (Å²) in [5.74, 6) is -1.94. The first-order chi connectivity index (χ1) is 15.5. The average molecular weight is 456 g/mol. The predicted molar refractivity (Wildman–Crippen MR) is 110 cm³/mol. The van der Waals surface area contributed by atoms with Gasteiger partial charge in [-0.25, -0.2) is 4.68 Å². The summed E-state index contributed by atoms with van der Waals surface area (Å²) in [5, 5.41) is 6.40. The SMILES string of the molecule is Cc1cc(=O)c(C(=O)Nc2ccc3c(c2)C(=O)N(C)C3=O)nn1-c1cccc(C(F)(F)F)c1. The lowest BCUT2D eigenvalue weighted by Gasteiger charge is -2.13. The molecular weight excluding hydrogens is 441 g/mol. The van der Waals surface area contributed by atoms with Crippen molar-refractivity contribution in [2.75, 3.05) is 12.4 Å². The molecule has 2 heterocycles. The number of benzene rings is 2. The van der Waals surface area contributed by atoms with Crippen LogP contribution >= 0.6 is 0 Å². The van der Waals surface area contributed by atoms with Gasteiger partial charge in [-0.05, 0) is 43.3 Å². The van der Waals surface area contributed by atoms with E-state index < -0.39 is 40.6 Å². The Labute approximate surface area is 184 Å². The first kappa shape index (κ1) is 21.9. The van der Waals surface area contributed by atoms with E-state index in [4.69, 9.17) is 0 Å². The number of nitrogens with one attached hydrogen (secondary N) is 1. The van der Waals surface area contributed by atoms with Gasteiger partial charge in [0.05, 0.1) is 22.4 Å². The Balaban J connectivity index is 1.69. The van der Waals surface area contributed by atoms with E-state index in [1.807, 2.05) is 0 Å². The fourth-order valence-corrected chi connectivity index (χ4v) is 3.41. The van der Waals surface area contributed by atoms with Crippen LogP contribution in [0.25, 0.3) is 5.69 Å². The third-order valence-electron chi connectivity index (χ3n) is 5.09. The molecule has 0 spiro atoms. The molecule has 4 rings (SSSR count). The van der Waals surface area contributed by atoms with Gasteiger partial charge in [-0.3, -0.25) is 24.1 Å². The maximum Gasteiger partial charge on any atom is 0.416 e. The number of carbonyl (C=O) groups is 3. The van der Waals surface area contributed by atoms with Crippen molar-refractivity contribution in [3.63, 3.8) is 0 Å². The molecule has 33 heavy (non-hydrogen) atoms. The van der Waals surface area contributed by atoms with Gasteiger partial charge in [0.1, 0.15) is 0 Å². The van der Waals surface area contributed by atoms with Gasteiger partial charge in [0.2, 0.25) is 5.43 Å². The number of hydrogen-bond donors (Lipinski definition) is 1. The molecule has 168 valence electrons. The van der Waals surface area contributed by atoms with Gasteiger partial charge < -0.3 is 5.32 Å².